The van der Waals surface area contributed by atoms with Crippen LogP contribution in [-0.4, -0.2) is 0 Å². The molecule has 0 saturated heterocycles. The quantitative estimate of drug-likeness (QED) is 0.555. The monoisotopic (exact) mass is 258 g/mol. The summed E-state index contributed by atoms with van der Waals surface area (Å²) in [5.74, 6) is 8.00. The van der Waals surface area contributed by atoms with Crippen LogP contribution in [0, 0.1) is 0 Å². The Labute approximate surface area is 85.4 Å². The third-order valence-corrected chi connectivity index (χ3v) is 2.07. The van der Waals surface area contributed by atoms with Gasteiger partial charge in [-0.05, 0) is 28.1 Å². The second-order valence-electron chi connectivity index (χ2n) is 1.41. The summed E-state index contributed by atoms with van der Waals surface area (Å²) in [7, 11) is 0. The van der Waals surface area contributed by atoms with Crippen molar-refractivity contribution in [3.8, 4) is 0 Å². The van der Waals surface area contributed by atoms with Crippen molar-refractivity contribution in [3.63, 3.8) is 0 Å². The highest BCUT2D eigenvalue weighted by atomic mass is 79.9. The minimum Gasteiger partial charge on any atom is -0.274 e. The van der Waals surface area contributed by atoms with E-state index in [-0.39, 0.29) is 12.4 Å². The molecule has 5 heteroatoms. The molecule has 0 radical (unpaired) electrons. The lowest BCUT2D eigenvalue weighted by molar-refractivity contribution is 1.26. The summed E-state index contributed by atoms with van der Waals surface area (Å²) < 4.78 is 0.946. The minimum atomic E-state index is 0. The Bertz CT molecular complexity index is 175. The van der Waals surface area contributed by atoms with Gasteiger partial charge in [0.15, 0.2) is 0 Å². The van der Waals surface area contributed by atoms with E-state index in [2.05, 4.69) is 27.6 Å². The average molecular weight is 260 g/mol. The van der Waals surface area contributed by atoms with Crippen molar-refractivity contribution in [2.45, 2.75) is 0 Å². The number of hydrogen-bond acceptors (Lipinski definition) is 2. The number of hydrazine groups is 1. The maximum absolute atomic E-state index is 5.66. The fraction of sp³-hybridized carbons (Fsp3) is 0. The van der Waals surface area contributed by atoms with Gasteiger partial charge in [0.05, 0.1) is 5.02 Å². The Morgan fingerprint density at radius 1 is 1.18 bits per heavy atom. The van der Waals surface area contributed by atoms with Crippen LogP contribution in [0.25, 0.3) is 0 Å². The molecule has 64 valence electrons. The molecule has 0 atom stereocenters. The lowest BCUT2D eigenvalue weighted by atomic mass is 10.4. The minimum absolute atomic E-state index is 0. The first-order valence-electron chi connectivity index (χ1n) is 2.54. The van der Waals surface area contributed by atoms with Crippen LogP contribution in [-0.2, 0) is 0 Å². The molecule has 2 nitrogen and oxygen atoms in total. The summed E-state index contributed by atoms with van der Waals surface area (Å²) in [6.45, 7) is 0. The zero-order chi connectivity index (χ0) is 7.98. The van der Waals surface area contributed by atoms with Crippen LogP contribution < -0.4 is 11.7 Å². The highest BCUT2D eigenvalue weighted by molar-refractivity contribution is 9.10. The predicted molar refractivity (Wildman–Crippen MR) is 54.8 cm³/mol. The molecule has 1 rings (SSSR count). The number of benzene rings is 1. The molecule has 4 N–H and O–H groups in total. The van der Waals surface area contributed by atoms with Gasteiger partial charge in [0.1, 0.15) is 0 Å². The largest absolute Gasteiger partial charge is 0.274 e. The number of rotatable bonds is 0. The van der Waals surface area contributed by atoms with Gasteiger partial charge in [0.25, 0.3) is 0 Å². The van der Waals surface area contributed by atoms with Crippen molar-refractivity contribution in [2.24, 2.45) is 11.7 Å². The molecule has 0 unspecified atom stereocenters. The van der Waals surface area contributed by atoms with Crippen LogP contribution in [0.2, 0.25) is 5.02 Å². The van der Waals surface area contributed by atoms with Gasteiger partial charge >= 0.3 is 0 Å². The van der Waals surface area contributed by atoms with Crippen LogP contribution in [0.15, 0.2) is 28.7 Å². The van der Waals surface area contributed by atoms with Gasteiger partial charge in [0.2, 0.25) is 0 Å². The fourth-order valence-electron chi connectivity index (χ4n) is 0.439. The molecular formula is C6H9BrCl2N2. The van der Waals surface area contributed by atoms with E-state index in [0.29, 0.717) is 0 Å². The van der Waals surface area contributed by atoms with Crippen molar-refractivity contribution in [1.29, 1.82) is 0 Å². The summed E-state index contributed by atoms with van der Waals surface area (Å²) in [5.41, 5.74) is 0. The van der Waals surface area contributed by atoms with Crippen molar-refractivity contribution >= 4 is 39.9 Å². The SMILES string of the molecule is Cl.Clc1ccccc1Br.NN. The Kier molecular flexibility index (Phi) is 10.4. The number of halogens is 3. The van der Waals surface area contributed by atoms with Crippen molar-refractivity contribution in [3.05, 3.63) is 33.8 Å². The summed E-state index contributed by atoms with van der Waals surface area (Å²) in [6.07, 6.45) is 0. The van der Waals surface area contributed by atoms with Gasteiger partial charge < -0.3 is 0 Å². The summed E-state index contributed by atoms with van der Waals surface area (Å²) in [5, 5.41) is 0.757. The smallest absolute Gasteiger partial charge is 0.0548 e. The second kappa shape index (κ2) is 8.30. The average Bonchev–Trinajstić information content (AvgIpc) is 2.00. The van der Waals surface area contributed by atoms with E-state index in [1.54, 1.807) is 0 Å². The van der Waals surface area contributed by atoms with E-state index in [4.69, 9.17) is 11.6 Å². The molecule has 0 amide bonds. The highest BCUT2D eigenvalue weighted by Crippen LogP contribution is 2.20. The molecular weight excluding hydrogens is 251 g/mol. The van der Waals surface area contributed by atoms with Crippen molar-refractivity contribution in [1.82, 2.24) is 0 Å². The maximum atomic E-state index is 5.66. The van der Waals surface area contributed by atoms with Crippen LogP contribution in [0.1, 0.15) is 0 Å². The standard InChI is InChI=1S/C6H4BrCl.ClH.H4N2/c7-5-3-1-2-4-6(5)8;;1-2/h1-4H;1H;1-2H2. The molecule has 1 aromatic carbocycles. The van der Waals surface area contributed by atoms with Crippen molar-refractivity contribution < 1.29 is 0 Å². The Morgan fingerprint density at radius 3 is 1.91 bits per heavy atom. The van der Waals surface area contributed by atoms with Crippen molar-refractivity contribution in [2.75, 3.05) is 0 Å². The van der Waals surface area contributed by atoms with Gasteiger partial charge in [-0.2, -0.15) is 0 Å². The van der Waals surface area contributed by atoms with Crippen LogP contribution in [0.3, 0.4) is 0 Å². The molecule has 0 saturated carbocycles. The maximum Gasteiger partial charge on any atom is 0.0548 e. The molecule has 0 aliphatic carbocycles. The van der Waals surface area contributed by atoms with Crippen LogP contribution in [0.4, 0.5) is 0 Å². The molecule has 1 aromatic rings. The highest BCUT2D eigenvalue weighted by Gasteiger charge is 1.88. The summed E-state index contributed by atoms with van der Waals surface area (Å²) in [6, 6.07) is 7.57. The molecule has 0 aliphatic rings. The fourth-order valence-corrected chi connectivity index (χ4v) is 0.860. The Balaban J connectivity index is 0. The summed E-state index contributed by atoms with van der Waals surface area (Å²) in [4.78, 5) is 0. The first-order valence-corrected chi connectivity index (χ1v) is 3.71. The topological polar surface area (TPSA) is 52.0 Å². The lowest BCUT2D eigenvalue weighted by Gasteiger charge is -1.88. The van der Waals surface area contributed by atoms with Crippen LogP contribution in [0.5, 0.6) is 0 Å². The van der Waals surface area contributed by atoms with E-state index >= 15 is 0 Å². The molecule has 0 aliphatic heterocycles. The van der Waals surface area contributed by atoms with Gasteiger partial charge in [-0.3, -0.25) is 11.7 Å². The number of hydrogen-bond donors (Lipinski definition) is 2. The molecule has 11 heavy (non-hydrogen) atoms. The first-order chi connectivity index (χ1) is 4.80. The zero-order valence-electron chi connectivity index (χ0n) is 5.63. The molecule has 0 heterocycles. The van der Waals surface area contributed by atoms with E-state index in [1.165, 1.54) is 0 Å². The number of nitrogens with two attached hydrogens (primary N) is 2. The Morgan fingerprint density at radius 2 is 1.64 bits per heavy atom. The summed E-state index contributed by atoms with van der Waals surface area (Å²) >= 11 is 8.93. The third-order valence-electron chi connectivity index (χ3n) is 0.824. The molecule has 0 bridgehead atoms. The third kappa shape index (κ3) is 5.47. The van der Waals surface area contributed by atoms with E-state index in [0.717, 1.165) is 9.50 Å². The first kappa shape index (κ1) is 13.8. The van der Waals surface area contributed by atoms with Gasteiger partial charge in [-0.25, -0.2) is 0 Å². The lowest BCUT2D eigenvalue weighted by Crippen LogP contribution is -2.02. The van der Waals surface area contributed by atoms with Gasteiger partial charge in [-0.1, -0.05) is 23.7 Å². The zero-order valence-corrected chi connectivity index (χ0v) is 8.79. The van der Waals surface area contributed by atoms with E-state index in [1.807, 2.05) is 24.3 Å². The predicted octanol–water partition coefficient (Wildman–Crippen LogP) is 2.34. The second-order valence-corrected chi connectivity index (χ2v) is 2.68. The van der Waals surface area contributed by atoms with Gasteiger partial charge in [-0.15, -0.1) is 12.4 Å². The van der Waals surface area contributed by atoms with E-state index < -0.39 is 0 Å². The molecule has 0 spiro atoms. The molecule has 0 aromatic heterocycles. The molecule has 0 fully saturated rings. The van der Waals surface area contributed by atoms with Crippen LogP contribution >= 0.6 is 39.9 Å². The normalized spacial score (nSPS) is 7.27. The Hall–Kier alpha value is 0.200. The van der Waals surface area contributed by atoms with Gasteiger partial charge in [0, 0.05) is 4.47 Å². The van der Waals surface area contributed by atoms with E-state index in [9.17, 15) is 0 Å².